The minimum absolute atomic E-state index is 0.147. The quantitative estimate of drug-likeness (QED) is 0.724. The molecule has 19 heavy (non-hydrogen) atoms. The minimum atomic E-state index is -0.937. The third-order valence-corrected chi connectivity index (χ3v) is 3.88. The number of nitrogens with zero attached hydrogens (tertiary/aromatic N) is 1. The first kappa shape index (κ1) is 12.4. The summed E-state index contributed by atoms with van der Waals surface area (Å²) in [6, 6.07) is 9.19. The van der Waals surface area contributed by atoms with Gasteiger partial charge >= 0.3 is 0 Å². The zero-order valence-electron chi connectivity index (χ0n) is 10.6. The van der Waals surface area contributed by atoms with E-state index in [0.29, 0.717) is 11.0 Å². The second kappa shape index (κ2) is 3.95. The molecule has 0 spiro atoms. The Hall–Kier alpha value is -1.59. The fraction of sp³-hybridized carbons (Fsp3) is 0.214. The number of benzene rings is 1. The highest BCUT2D eigenvalue weighted by molar-refractivity contribution is 9.10. The van der Waals surface area contributed by atoms with Gasteiger partial charge in [-0.2, -0.15) is 0 Å². The predicted molar refractivity (Wildman–Crippen MR) is 78.5 cm³/mol. The molecule has 0 unspecified atom stereocenters. The maximum absolute atomic E-state index is 12.0. The number of fused-ring (bicyclic) bond motifs is 3. The molecule has 0 saturated carbocycles. The van der Waals surface area contributed by atoms with Crippen molar-refractivity contribution >= 4 is 32.5 Å². The number of hydrogen-bond donors (Lipinski definition) is 2. The summed E-state index contributed by atoms with van der Waals surface area (Å²) in [5.74, 6) is 0. The van der Waals surface area contributed by atoms with Gasteiger partial charge in [0.15, 0.2) is 0 Å². The van der Waals surface area contributed by atoms with Crippen LogP contribution < -0.4 is 5.56 Å². The molecular weight excluding hydrogens is 308 g/mol. The third kappa shape index (κ3) is 1.89. The molecule has 0 atom stereocenters. The number of rotatable bonds is 1. The van der Waals surface area contributed by atoms with Crippen LogP contribution in [0.2, 0.25) is 0 Å². The van der Waals surface area contributed by atoms with Crippen LogP contribution in [-0.2, 0) is 5.60 Å². The summed E-state index contributed by atoms with van der Waals surface area (Å²) in [7, 11) is 0. The molecule has 0 amide bonds. The normalized spacial score (nSPS) is 12.4. The molecule has 4 nitrogen and oxygen atoms in total. The molecule has 0 bridgehead atoms. The molecule has 0 saturated heterocycles. The number of halogens is 1. The monoisotopic (exact) mass is 320 g/mol. The molecule has 0 aliphatic carbocycles. The zero-order valence-corrected chi connectivity index (χ0v) is 12.2. The smallest absolute Gasteiger partial charge is 0.272 e. The van der Waals surface area contributed by atoms with E-state index in [1.54, 1.807) is 19.9 Å². The van der Waals surface area contributed by atoms with Crippen LogP contribution in [-0.4, -0.2) is 14.5 Å². The highest BCUT2D eigenvalue weighted by Crippen LogP contribution is 2.25. The Morgan fingerprint density at radius 3 is 2.58 bits per heavy atom. The van der Waals surface area contributed by atoms with Crippen molar-refractivity contribution in [3.8, 4) is 0 Å². The number of aromatic amines is 1. The second-order valence-corrected chi connectivity index (χ2v) is 5.93. The van der Waals surface area contributed by atoms with Crippen LogP contribution in [0.4, 0.5) is 0 Å². The lowest BCUT2D eigenvalue weighted by molar-refractivity contribution is 0.0787. The number of hydrogen-bond acceptors (Lipinski definition) is 2. The van der Waals surface area contributed by atoms with Crippen LogP contribution in [0.25, 0.3) is 16.6 Å². The SMILES string of the molecule is CC(C)(O)c1ccc2c(c1)[nH]c(=O)c1ccc(Br)n12. The van der Waals surface area contributed by atoms with E-state index in [-0.39, 0.29) is 5.56 Å². The molecule has 3 rings (SSSR count). The zero-order chi connectivity index (χ0) is 13.8. The van der Waals surface area contributed by atoms with E-state index in [2.05, 4.69) is 20.9 Å². The summed E-state index contributed by atoms with van der Waals surface area (Å²) >= 11 is 3.44. The van der Waals surface area contributed by atoms with Crippen LogP contribution in [0.1, 0.15) is 19.4 Å². The van der Waals surface area contributed by atoms with Crippen LogP contribution in [0.5, 0.6) is 0 Å². The molecule has 0 radical (unpaired) electrons. The Morgan fingerprint density at radius 1 is 1.21 bits per heavy atom. The van der Waals surface area contributed by atoms with Gasteiger partial charge in [0.1, 0.15) is 5.52 Å². The second-order valence-electron chi connectivity index (χ2n) is 5.12. The van der Waals surface area contributed by atoms with Crippen LogP contribution in [0, 0.1) is 0 Å². The Balaban J connectivity index is 2.46. The fourth-order valence-electron chi connectivity index (χ4n) is 2.23. The van der Waals surface area contributed by atoms with Crippen molar-refractivity contribution in [3.63, 3.8) is 0 Å². The molecule has 98 valence electrons. The average molecular weight is 321 g/mol. The fourth-order valence-corrected chi connectivity index (χ4v) is 2.75. The van der Waals surface area contributed by atoms with E-state index in [4.69, 9.17) is 0 Å². The molecule has 0 aliphatic heterocycles. The van der Waals surface area contributed by atoms with Gasteiger partial charge in [-0.3, -0.25) is 9.20 Å². The molecule has 2 heterocycles. The first-order valence-corrected chi connectivity index (χ1v) is 6.73. The first-order valence-electron chi connectivity index (χ1n) is 5.94. The van der Waals surface area contributed by atoms with E-state index in [9.17, 15) is 9.90 Å². The largest absolute Gasteiger partial charge is 0.386 e. The minimum Gasteiger partial charge on any atom is -0.386 e. The van der Waals surface area contributed by atoms with Gasteiger partial charge in [-0.25, -0.2) is 0 Å². The van der Waals surface area contributed by atoms with Gasteiger partial charge in [0.05, 0.1) is 21.2 Å². The van der Waals surface area contributed by atoms with Crippen LogP contribution in [0.3, 0.4) is 0 Å². The Kier molecular flexibility index (Phi) is 2.59. The van der Waals surface area contributed by atoms with Gasteiger partial charge in [0, 0.05) is 0 Å². The van der Waals surface area contributed by atoms with Crippen LogP contribution in [0.15, 0.2) is 39.7 Å². The van der Waals surface area contributed by atoms with Gasteiger partial charge in [-0.1, -0.05) is 6.07 Å². The number of H-pyrrole nitrogens is 1. The molecule has 2 N–H and O–H groups in total. The summed E-state index contributed by atoms with van der Waals surface area (Å²) < 4.78 is 2.68. The maximum Gasteiger partial charge on any atom is 0.272 e. The van der Waals surface area contributed by atoms with E-state index in [0.717, 1.165) is 15.7 Å². The molecule has 0 aliphatic rings. The van der Waals surface area contributed by atoms with Crippen molar-refractivity contribution in [3.05, 3.63) is 50.9 Å². The lowest BCUT2D eigenvalue weighted by atomic mass is 9.98. The van der Waals surface area contributed by atoms with Crippen molar-refractivity contribution in [1.82, 2.24) is 9.38 Å². The summed E-state index contributed by atoms with van der Waals surface area (Å²) in [4.78, 5) is 14.9. The summed E-state index contributed by atoms with van der Waals surface area (Å²) in [5.41, 5.74) is 1.86. The first-order chi connectivity index (χ1) is 8.88. The molecule has 1 aromatic carbocycles. The number of aliphatic hydroxyl groups is 1. The van der Waals surface area contributed by atoms with Gasteiger partial charge in [-0.15, -0.1) is 0 Å². The van der Waals surface area contributed by atoms with Gasteiger partial charge < -0.3 is 10.1 Å². The van der Waals surface area contributed by atoms with E-state index < -0.39 is 5.60 Å². The Labute approximate surface area is 117 Å². The molecule has 0 fully saturated rings. The van der Waals surface area contributed by atoms with Crippen LogP contribution >= 0.6 is 15.9 Å². The van der Waals surface area contributed by atoms with E-state index in [1.807, 2.05) is 28.7 Å². The van der Waals surface area contributed by atoms with Crippen molar-refractivity contribution in [2.24, 2.45) is 0 Å². The highest BCUT2D eigenvalue weighted by Gasteiger charge is 2.17. The van der Waals surface area contributed by atoms with Crippen molar-refractivity contribution in [2.75, 3.05) is 0 Å². The molecule has 5 heteroatoms. The number of aromatic nitrogens is 2. The summed E-state index contributed by atoms with van der Waals surface area (Å²) in [6.07, 6.45) is 0. The van der Waals surface area contributed by atoms with Gasteiger partial charge in [0.2, 0.25) is 0 Å². The van der Waals surface area contributed by atoms with Crippen molar-refractivity contribution in [2.45, 2.75) is 19.4 Å². The summed E-state index contributed by atoms with van der Waals surface area (Å²) in [5, 5.41) is 10.0. The predicted octanol–water partition coefficient (Wildman–Crippen LogP) is 2.77. The lowest BCUT2D eigenvalue weighted by Crippen LogP contribution is -2.16. The molecule has 2 aromatic heterocycles. The van der Waals surface area contributed by atoms with Gasteiger partial charge in [-0.05, 0) is 59.6 Å². The van der Waals surface area contributed by atoms with Gasteiger partial charge in [0.25, 0.3) is 5.56 Å². The standard InChI is InChI=1S/C14H13BrN2O2/c1-14(2,19)8-3-4-10-9(7-8)16-13(18)11-5-6-12(15)17(10)11/h3-7,19H,1-2H3,(H,16,18). The summed E-state index contributed by atoms with van der Waals surface area (Å²) in [6.45, 7) is 3.44. The highest BCUT2D eigenvalue weighted by atomic mass is 79.9. The van der Waals surface area contributed by atoms with Crippen molar-refractivity contribution in [1.29, 1.82) is 0 Å². The van der Waals surface area contributed by atoms with Crippen molar-refractivity contribution < 1.29 is 5.11 Å². The molecular formula is C14H13BrN2O2. The van der Waals surface area contributed by atoms with E-state index >= 15 is 0 Å². The maximum atomic E-state index is 12.0. The Morgan fingerprint density at radius 2 is 1.89 bits per heavy atom. The Bertz CT molecular complexity index is 840. The van der Waals surface area contributed by atoms with E-state index in [1.165, 1.54) is 0 Å². The lowest BCUT2D eigenvalue weighted by Gasteiger charge is -2.18. The topological polar surface area (TPSA) is 57.5 Å². The average Bonchev–Trinajstić information content (AvgIpc) is 2.71. The molecule has 3 aromatic rings. The number of nitrogens with one attached hydrogen (secondary N) is 1. The third-order valence-electron chi connectivity index (χ3n) is 3.26.